The predicted molar refractivity (Wildman–Crippen MR) is 52.8 cm³/mol. The summed E-state index contributed by atoms with van der Waals surface area (Å²) in [5, 5.41) is 2.71. The lowest BCUT2D eigenvalue weighted by Gasteiger charge is -2.20. The van der Waals surface area contributed by atoms with Crippen LogP contribution in [0.3, 0.4) is 0 Å². The standard InChI is InChI=1S/C9H20N2O2/c1-9(2,3)10-8(12)13-7-6-11(4)5/h6-7H2,1-5H3,(H,10,12). The normalized spacial score (nSPS) is 11.5. The van der Waals surface area contributed by atoms with Crippen molar-refractivity contribution in [3.8, 4) is 0 Å². The van der Waals surface area contributed by atoms with E-state index < -0.39 is 0 Å². The molecular formula is C9H20N2O2. The summed E-state index contributed by atoms with van der Waals surface area (Å²) >= 11 is 0. The topological polar surface area (TPSA) is 41.6 Å². The second-order valence-electron chi connectivity index (χ2n) is 4.31. The van der Waals surface area contributed by atoms with Crippen LogP contribution >= 0.6 is 0 Å². The van der Waals surface area contributed by atoms with Gasteiger partial charge in [-0.3, -0.25) is 0 Å². The van der Waals surface area contributed by atoms with E-state index in [-0.39, 0.29) is 11.6 Å². The molecule has 0 rings (SSSR count). The number of rotatable bonds is 3. The Balaban J connectivity index is 3.53. The Morgan fingerprint density at radius 2 is 1.92 bits per heavy atom. The third-order valence-corrected chi connectivity index (χ3v) is 1.25. The van der Waals surface area contributed by atoms with Crippen molar-refractivity contribution in [2.45, 2.75) is 26.3 Å². The van der Waals surface area contributed by atoms with E-state index in [2.05, 4.69) is 5.32 Å². The second kappa shape index (κ2) is 5.07. The van der Waals surface area contributed by atoms with E-state index in [1.165, 1.54) is 0 Å². The number of hydrogen-bond donors (Lipinski definition) is 1. The Bertz CT molecular complexity index is 161. The molecule has 0 saturated heterocycles. The number of carbonyl (C=O) groups excluding carboxylic acids is 1. The van der Waals surface area contributed by atoms with E-state index >= 15 is 0 Å². The Morgan fingerprint density at radius 3 is 2.31 bits per heavy atom. The molecule has 0 heterocycles. The minimum Gasteiger partial charge on any atom is -0.448 e. The minimum atomic E-state index is -0.352. The summed E-state index contributed by atoms with van der Waals surface area (Å²) in [6.07, 6.45) is -0.352. The quantitative estimate of drug-likeness (QED) is 0.720. The third-order valence-electron chi connectivity index (χ3n) is 1.25. The fraction of sp³-hybridized carbons (Fsp3) is 0.889. The molecule has 1 amide bonds. The molecule has 0 aromatic carbocycles. The van der Waals surface area contributed by atoms with E-state index in [1.54, 1.807) is 0 Å². The van der Waals surface area contributed by atoms with E-state index in [0.29, 0.717) is 6.61 Å². The molecule has 0 radical (unpaired) electrons. The van der Waals surface area contributed by atoms with Gasteiger partial charge in [0, 0.05) is 12.1 Å². The molecule has 13 heavy (non-hydrogen) atoms. The van der Waals surface area contributed by atoms with E-state index in [1.807, 2.05) is 39.8 Å². The van der Waals surface area contributed by atoms with Crippen molar-refractivity contribution in [1.29, 1.82) is 0 Å². The van der Waals surface area contributed by atoms with Crippen LogP contribution in [0.4, 0.5) is 4.79 Å². The molecule has 0 fully saturated rings. The summed E-state index contributed by atoms with van der Waals surface area (Å²) in [7, 11) is 3.87. The molecule has 0 bridgehead atoms. The number of alkyl carbamates (subject to hydrolysis) is 1. The zero-order chi connectivity index (χ0) is 10.5. The van der Waals surface area contributed by atoms with Crippen LogP contribution in [0.15, 0.2) is 0 Å². The van der Waals surface area contributed by atoms with Crippen LogP contribution in [0.1, 0.15) is 20.8 Å². The number of nitrogens with one attached hydrogen (secondary N) is 1. The first-order valence-corrected chi connectivity index (χ1v) is 4.41. The lowest BCUT2D eigenvalue weighted by molar-refractivity contribution is 0.129. The van der Waals surface area contributed by atoms with Gasteiger partial charge in [-0.1, -0.05) is 0 Å². The highest BCUT2D eigenvalue weighted by Crippen LogP contribution is 1.98. The fourth-order valence-corrected chi connectivity index (χ4v) is 0.663. The van der Waals surface area contributed by atoms with Crippen molar-refractivity contribution in [2.24, 2.45) is 0 Å². The zero-order valence-electron chi connectivity index (χ0n) is 9.18. The summed E-state index contributed by atoms with van der Waals surface area (Å²) in [5.74, 6) is 0. The third kappa shape index (κ3) is 9.14. The van der Waals surface area contributed by atoms with Gasteiger partial charge in [-0.25, -0.2) is 4.79 Å². The molecule has 4 heteroatoms. The molecule has 1 N–H and O–H groups in total. The highest BCUT2D eigenvalue weighted by molar-refractivity contribution is 5.67. The first-order valence-electron chi connectivity index (χ1n) is 4.41. The average Bonchev–Trinajstić information content (AvgIpc) is 1.81. The van der Waals surface area contributed by atoms with Gasteiger partial charge in [-0.05, 0) is 34.9 Å². The zero-order valence-corrected chi connectivity index (χ0v) is 9.18. The molecule has 0 aliphatic rings. The molecule has 0 unspecified atom stereocenters. The van der Waals surface area contributed by atoms with Crippen LogP contribution in [0.2, 0.25) is 0 Å². The monoisotopic (exact) mass is 188 g/mol. The van der Waals surface area contributed by atoms with Crippen molar-refractivity contribution in [3.05, 3.63) is 0 Å². The number of amides is 1. The van der Waals surface area contributed by atoms with Crippen LogP contribution < -0.4 is 5.32 Å². The van der Waals surface area contributed by atoms with Crippen LogP contribution in [0, 0.1) is 0 Å². The second-order valence-corrected chi connectivity index (χ2v) is 4.31. The SMILES string of the molecule is CN(C)CCOC(=O)NC(C)(C)C. The summed E-state index contributed by atoms with van der Waals surface area (Å²) < 4.78 is 4.94. The maximum Gasteiger partial charge on any atom is 0.407 e. The number of carbonyl (C=O) groups is 1. The molecule has 78 valence electrons. The van der Waals surface area contributed by atoms with Crippen LogP contribution in [-0.2, 0) is 4.74 Å². The van der Waals surface area contributed by atoms with Crippen molar-refractivity contribution in [3.63, 3.8) is 0 Å². The fourth-order valence-electron chi connectivity index (χ4n) is 0.663. The lowest BCUT2D eigenvalue weighted by Crippen LogP contribution is -2.41. The van der Waals surface area contributed by atoms with Gasteiger partial charge in [-0.15, -0.1) is 0 Å². The summed E-state index contributed by atoms with van der Waals surface area (Å²) in [6, 6.07) is 0. The van der Waals surface area contributed by atoms with Crippen molar-refractivity contribution in [1.82, 2.24) is 10.2 Å². The van der Waals surface area contributed by atoms with Gasteiger partial charge in [-0.2, -0.15) is 0 Å². The predicted octanol–water partition coefficient (Wildman–Crippen LogP) is 1.07. The maximum absolute atomic E-state index is 11.1. The smallest absolute Gasteiger partial charge is 0.407 e. The number of hydrogen-bond acceptors (Lipinski definition) is 3. The van der Waals surface area contributed by atoms with E-state index in [9.17, 15) is 4.79 Å². The first kappa shape index (κ1) is 12.2. The maximum atomic E-state index is 11.1. The molecular weight excluding hydrogens is 168 g/mol. The molecule has 4 nitrogen and oxygen atoms in total. The Morgan fingerprint density at radius 1 is 1.38 bits per heavy atom. The number of likely N-dealkylation sites (N-methyl/N-ethyl adjacent to an activating group) is 1. The van der Waals surface area contributed by atoms with E-state index in [4.69, 9.17) is 4.74 Å². The highest BCUT2D eigenvalue weighted by Gasteiger charge is 2.13. The molecule has 0 aromatic rings. The van der Waals surface area contributed by atoms with Gasteiger partial charge in [0.05, 0.1) is 0 Å². The van der Waals surface area contributed by atoms with Crippen LogP contribution in [0.5, 0.6) is 0 Å². The van der Waals surface area contributed by atoms with Gasteiger partial charge in [0.1, 0.15) is 6.61 Å². The molecule has 0 spiro atoms. The van der Waals surface area contributed by atoms with Crippen molar-refractivity contribution >= 4 is 6.09 Å². The molecule has 0 aliphatic carbocycles. The van der Waals surface area contributed by atoms with Gasteiger partial charge in [0.15, 0.2) is 0 Å². The summed E-state index contributed by atoms with van der Waals surface area (Å²) in [6.45, 7) is 6.92. The number of ether oxygens (including phenoxy) is 1. The van der Waals surface area contributed by atoms with Crippen molar-refractivity contribution < 1.29 is 9.53 Å². The Kier molecular flexibility index (Phi) is 4.77. The van der Waals surface area contributed by atoms with Gasteiger partial charge in [0.2, 0.25) is 0 Å². The van der Waals surface area contributed by atoms with Gasteiger partial charge >= 0.3 is 6.09 Å². The Labute approximate surface area is 80.2 Å². The van der Waals surface area contributed by atoms with Crippen molar-refractivity contribution in [2.75, 3.05) is 27.2 Å². The minimum absolute atomic E-state index is 0.227. The number of nitrogens with zero attached hydrogens (tertiary/aromatic N) is 1. The largest absolute Gasteiger partial charge is 0.448 e. The first-order chi connectivity index (χ1) is 5.81. The lowest BCUT2D eigenvalue weighted by atomic mass is 10.1. The molecule has 0 saturated carbocycles. The van der Waals surface area contributed by atoms with Gasteiger partial charge < -0.3 is 15.0 Å². The Hall–Kier alpha value is -0.770. The molecule has 0 aliphatic heterocycles. The van der Waals surface area contributed by atoms with Crippen LogP contribution in [0.25, 0.3) is 0 Å². The van der Waals surface area contributed by atoms with Crippen LogP contribution in [-0.4, -0.2) is 43.8 Å². The van der Waals surface area contributed by atoms with E-state index in [0.717, 1.165) is 6.54 Å². The average molecular weight is 188 g/mol. The van der Waals surface area contributed by atoms with Gasteiger partial charge in [0.25, 0.3) is 0 Å². The summed E-state index contributed by atoms with van der Waals surface area (Å²) in [5.41, 5.74) is -0.227. The summed E-state index contributed by atoms with van der Waals surface area (Å²) in [4.78, 5) is 13.1. The highest BCUT2D eigenvalue weighted by atomic mass is 16.5. The molecule has 0 aromatic heterocycles. The molecule has 0 atom stereocenters.